The van der Waals surface area contributed by atoms with E-state index in [-0.39, 0.29) is 12.5 Å². The highest BCUT2D eigenvalue weighted by Crippen LogP contribution is 2.28. The zero-order valence-electron chi connectivity index (χ0n) is 11.0. The average Bonchev–Trinajstić information content (AvgIpc) is 2.90. The van der Waals surface area contributed by atoms with Gasteiger partial charge in [-0.1, -0.05) is 0 Å². The van der Waals surface area contributed by atoms with Gasteiger partial charge in [-0.15, -0.1) is 0 Å². The number of furan rings is 1. The lowest BCUT2D eigenvalue weighted by atomic mass is 10.1. The standard InChI is InChI=1S/C14H15N3O3/c1-8(15)7-17-14-9(6-16-17)2-3-12-11(14)4-10(20-12)5-13(18)19/h2-4,6,8H,5,7,15H2,1H3,(H,18,19)/t8-/m0/s1. The van der Waals surface area contributed by atoms with E-state index >= 15 is 0 Å². The van der Waals surface area contributed by atoms with Crippen molar-refractivity contribution in [3.05, 3.63) is 30.2 Å². The van der Waals surface area contributed by atoms with Crippen LogP contribution >= 0.6 is 0 Å². The minimum atomic E-state index is -0.913. The molecule has 20 heavy (non-hydrogen) atoms. The highest BCUT2D eigenvalue weighted by molar-refractivity contribution is 6.03. The number of benzene rings is 1. The van der Waals surface area contributed by atoms with Crippen molar-refractivity contribution >= 4 is 27.8 Å². The van der Waals surface area contributed by atoms with Crippen molar-refractivity contribution in [2.24, 2.45) is 5.73 Å². The molecule has 2 heterocycles. The van der Waals surface area contributed by atoms with E-state index in [9.17, 15) is 4.79 Å². The van der Waals surface area contributed by atoms with Gasteiger partial charge in [-0.3, -0.25) is 9.48 Å². The largest absolute Gasteiger partial charge is 0.481 e. The molecule has 0 aliphatic rings. The van der Waals surface area contributed by atoms with Crippen LogP contribution in [0.4, 0.5) is 0 Å². The number of aromatic nitrogens is 2. The van der Waals surface area contributed by atoms with Crippen molar-refractivity contribution in [1.82, 2.24) is 9.78 Å². The van der Waals surface area contributed by atoms with Crippen molar-refractivity contribution in [1.29, 1.82) is 0 Å². The highest BCUT2D eigenvalue weighted by atomic mass is 16.4. The number of carboxylic acids is 1. The molecule has 6 nitrogen and oxygen atoms in total. The van der Waals surface area contributed by atoms with Crippen LogP contribution in [-0.2, 0) is 17.8 Å². The van der Waals surface area contributed by atoms with Crippen molar-refractivity contribution < 1.29 is 14.3 Å². The molecule has 0 amide bonds. The summed E-state index contributed by atoms with van der Waals surface area (Å²) in [6, 6.07) is 5.50. The highest BCUT2D eigenvalue weighted by Gasteiger charge is 2.14. The summed E-state index contributed by atoms with van der Waals surface area (Å²) in [5, 5.41) is 15.0. The summed E-state index contributed by atoms with van der Waals surface area (Å²) in [6.07, 6.45) is 1.65. The van der Waals surface area contributed by atoms with Gasteiger partial charge in [0.2, 0.25) is 0 Å². The molecule has 1 atom stereocenters. The second kappa shape index (κ2) is 4.64. The Labute approximate surface area is 114 Å². The van der Waals surface area contributed by atoms with Crippen LogP contribution in [0.5, 0.6) is 0 Å². The average molecular weight is 273 g/mol. The Balaban J connectivity index is 2.19. The van der Waals surface area contributed by atoms with Gasteiger partial charge in [0.15, 0.2) is 0 Å². The van der Waals surface area contributed by atoms with Crippen LogP contribution < -0.4 is 5.73 Å². The Morgan fingerprint density at radius 1 is 1.55 bits per heavy atom. The maximum atomic E-state index is 10.8. The van der Waals surface area contributed by atoms with E-state index in [2.05, 4.69) is 5.10 Å². The van der Waals surface area contributed by atoms with Crippen LogP contribution in [0.3, 0.4) is 0 Å². The third-order valence-corrected chi connectivity index (χ3v) is 3.14. The Bertz CT molecular complexity index is 786. The summed E-state index contributed by atoms with van der Waals surface area (Å²) in [6.45, 7) is 2.51. The van der Waals surface area contributed by atoms with E-state index in [0.29, 0.717) is 17.9 Å². The molecule has 0 saturated carbocycles. The Morgan fingerprint density at radius 3 is 3.05 bits per heavy atom. The maximum Gasteiger partial charge on any atom is 0.311 e. The summed E-state index contributed by atoms with van der Waals surface area (Å²) in [7, 11) is 0. The van der Waals surface area contributed by atoms with Gasteiger partial charge in [0.1, 0.15) is 17.8 Å². The number of nitrogens with zero attached hydrogens (tertiary/aromatic N) is 2. The number of carbonyl (C=O) groups is 1. The summed E-state index contributed by atoms with van der Waals surface area (Å²) >= 11 is 0. The number of hydrogen-bond acceptors (Lipinski definition) is 4. The zero-order valence-corrected chi connectivity index (χ0v) is 11.0. The minimum Gasteiger partial charge on any atom is -0.481 e. The van der Waals surface area contributed by atoms with Gasteiger partial charge in [0, 0.05) is 16.8 Å². The first kappa shape index (κ1) is 12.7. The molecule has 0 aliphatic carbocycles. The molecule has 0 bridgehead atoms. The predicted octanol–water partition coefficient (Wildman–Crippen LogP) is 1.76. The summed E-state index contributed by atoms with van der Waals surface area (Å²) in [5.41, 5.74) is 7.43. The first-order valence-electron chi connectivity index (χ1n) is 6.39. The molecule has 0 spiro atoms. The molecule has 0 fully saturated rings. The van der Waals surface area contributed by atoms with Crippen LogP contribution in [-0.4, -0.2) is 26.9 Å². The number of fused-ring (bicyclic) bond motifs is 3. The van der Waals surface area contributed by atoms with Crippen LogP contribution in [0, 0.1) is 0 Å². The molecule has 0 aliphatic heterocycles. The van der Waals surface area contributed by atoms with Gasteiger partial charge in [0.25, 0.3) is 0 Å². The van der Waals surface area contributed by atoms with Crippen LogP contribution in [0.15, 0.2) is 28.8 Å². The number of nitrogens with two attached hydrogens (primary N) is 1. The van der Waals surface area contributed by atoms with Gasteiger partial charge in [-0.25, -0.2) is 0 Å². The van der Waals surface area contributed by atoms with Gasteiger partial charge in [0.05, 0.1) is 18.3 Å². The van der Waals surface area contributed by atoms with Gasteiger partial charge in [-0.05, 0) is 25.1 Å². The SMILES string of the molecule is C[C@H](N)Cn1ncc2ccc3oc(CC(=O)O)cc3c21. The Kier molecular flexibility index (Phi) is 2.94. The van der Waals surface area contributed by atoms with Crippen LogP contribution in [0.1, 0.15) is 12.7 Å². The fraction of sp³-hybridized carbons (Fsp3) is 0.286. The van der Waals surface area contributed by atoms with Crippen molar-refractivity contribution in [2.45, 2.75) is 25.9 Å². The van der Waals surface area contributed by atoms with E-state index < -0.39 is 5.97 Å². The zero-order chi connectivity index (χ0) is 14.3. The van der Waals surface area contributed by atoms with E-state index in [1.165, 1.54) is 0 Å². The van der Waals surface area contributed by atoms with Crippen LogP contribution in [0.25, 0.3) is 21.9 Å². The number of rotatable bonds is 4. The molecule has 0 radical (unpaired) electrons. The lowest BCUT2D eigenvalue weighted by molar-refractivity contribution is -0.136. The first-order valence-corrected chi connectivity index (χ1v) is 6.39. The second-order valence-corrected chi connectivity index (χ2v) is 5.00. The van der Waals surface area contributed by atoms with E-state index in [4.69, 9.17) is 15.3 Å². The quantitative estimate of drug-likeness (QED) is 0.755. The molecule has 0 saturated heterocycles. The number of hydrogen-bond donors (Lipinski definition) is 2. The lowest BCUT2D eigenvalue weighted by Crippen LogP contribution is -2.22. The third-order valence-electron chi connectivity index (χ3n) is 3.14. The minimum absolute atomic E-state index is 0.0150. The molecule has 6 heteroatoms. The van der Waals surface area contributed by atoms with Crippen molar-refractivity contribution in [3.63, 3.8) is 0 Å². The van der Waals surface area contributed by atoms with Crippen LogP contribution in [0.2, 0.25) is 0 Å². The number of carboxylic acid groups (broad SMARTS) is 1. The Morgan fingerprint density at radius 2 is 2.35 bits per heavy atom. The predicted molar refractivity (Wildman–Crippen MR) is 74.5 cm³/mol. The monoisotopic (exact) mass is 273 g/mol. The topological polar surface area (TPSA) is 94.3 Å². The molecule has 3 rings (SSSR count). The molecular formula is C14H15N3O3. The van der Waals surface area contributed by atoms with E-state index in [0.717, 1.165) is 16.3 Å². The maximum absolute atomic E-state index is 10.8. The molecular weight excluding hydrogens is 258 g/mol. The Hall–Kier alpha value is -2.34. The third kappa shape index (κ3) is 2.14. The van der Waals surface area contributed by atoms with E-state index in [1.807, 2.05) is 23.7 Å². The smallest absolute Gasteiger partial charge is 0.311 e. The molecule has 3 aromatic rings. The fourth-order valence-electron chi connectivity index (χ4n) is 2.40. The summed E-state index contributed by atoms with van der Waals surface area (Å²) < 4.78 is 7.40. The summed E-state index contributed by atoms with van der Waals surface area (Å²) in [4.78, 5) is 10.8. The fourth-order valence-corrected chi connectivity index (χ4v) is 2.40. The first-order chi connectivity index (χ1) is 9.54. The van der Waals surface area contributed by atoms with Crippen molar-refractivity contribution in [3.8, 4) is 0 Å². The molecule has 3 N–H and O–H groups in total. The normalized spacial score (nSPS) is 13.1. The second-order valence-electron chi connectivity index (χ2n) is 5.00. The van der Waals surface area contributed by atoms with Gasteiger partial charge in [-0.2, -0.15) is 5.10 Å². The van der Waals surface area contributed by atoms with Gasteiger partial charge >= 0.3 is 5.97 Å². The van der Waals surface area contributed by atoms with E-state index in [1.54, 1.807) is 12.3 Å². The molecule has 104 valence electrons. The molecule has 2 aromatic heterocycles. The van der Waals surface area contributed by atoms with Crippen molar-refractivity contribution in [2.75, 3.05) is 0 Å². The molecule has 1 aromatic carbocycles. The lowest BCUT2D eigenvalue weighted by Gasteiger charge is -2.06. The number of aliphatic carboxylic acids is 1. The van der Waals surface area contributed by atoms with Gasteiger partial charge < -0.3 is 15.3 Å². The summed E-state index contributed by atoms with van der Waals surface area (Å²) in [5.74, 6) is -0.474. The molecule has 0 unspecified atom stereocenters.